The van der Waals surface area contributed by atoms with Crippen LogP contribution in [0.3, 0.4) is 0 Å². The lowest BCUT2D eigenvalue weighted by Crippen LogP contribution is -2.25. The lowest BCUT2D eigenvalue weighted by molar-refractivity contribution is -0.152. The van der Waals surface area contributed by atoms with Crippen LogP contribution >= 0.6 is 0 Å². The minimum absolute atomic E-state index is 0.247. The summed E-state index contributed by atoms with van der Waals surface area (Å²) < 4.78 is 12.3. The molecule has 1 atom stereocenters. The number of aromatic nitrogens is 2. The van der Waals surface area contributed by atoms with Gasteiger partial charge in [0, 0.05) is 32.3 Å². The molecule has 26 heavy (non-hydrogen) atoms. The molecule has 0 bridgehead atoms. The maximum Gasteiger partial charge on any atom is 0.303 e. The van der Waals surface area contributed by atoms with Gasteiger partial charge >= 0.3 is 5.97 Å². The molecule has 0 saturated carbocycles. The smallest absolute Gasteiger partial charge is 0.303 e. The summed E-state index contributed by atoms with van der Waals surface area (Å²) >= 11 is 0. The number of carbonyl (C=O) groups is 2. The van der Waals surface area contributed by atoms with Gasteiger partial charge in [-0.3, -0.25) is 14.3 Å². The summed E-state index contributed by atoms with van der Waals surface area (Å²) in [7, 11) is 1.67. The molecule has 0 aliphatic heterocycles. The van der Waals surface area contributed by atoms with E-state index in [-0.39, 0.29) is 5.60 Å². The Morgan fingerprint density at radius 2 is 1.96 bits per heavy atom. The molecule has 1 aromatic carbocycles. The molecular formula is C19H25N3O4. The molecule has 1 amide bonds. The highest BCUT2D eigenvalue weighted by Gasteiger charge is 2.24. The van der Waals surface area contributed by atoms with Crippen LogP contribution in [0, 0.1) is 0 Å². The first-order valence-electron chi connectivity index (χ1n) is 8.41. The number of methoxy groups -OCH3 is 1. The molecule has 7 heteroatoms. The fourth-order valence-corrected chi connectivity index (χ4v) is 2.31. The zero-order valence-corrected chi connectivity index (χ0v) is 15.6. The Hall–Kier alpha value is -2.67. The van der Waals surface area contributed by atoms with Gasteiger partial charge in [0.15, 0.2) is 0 Å². The fourth-order valence-electron chi connectivity index (χ4n) is 2.31. The number of nitrogens with zero attached hydrogens (tertiary/aromatic N) is 2. The summed E-state index contributed by atoms with van der Waals surface area (Å²) in [6, 6.07) is 8.88. The highest BCUT2D eigenvalue weighted by atomic mass is 16.5. The van der Waals surface area contributed by atoms with E-state index in [9.17, 15) is 9.59 Å². The Bertz CT molecular complexity index is 740. The molecular weight excluding hydrogens is 334 g/mol. The van der Waals surface area contributed by atoms with Crippen LogP contribution in [0.2, 0.25) is 0 Å². The standard InChI is InChI=1S/C19H25N3O4/c1-14(23)26-17(15-8-6-5-7-9-15)18(24)21-16-12-20-22(13-16)11-10-19(2,3)25-4/h5-9,12-13,17H,10-11H2,1-4H3,(H,21,24). The van der Waals surface area contributed by atoms with Crippen LogP contribution in [-0.4, -0.2) is 34.4 Å². The number of nitrogens with one attached hydrogen (secondary N) is 1. The van der Waals surface area contributed by atoms with E-state index in [2.05, 4.69) is 10.4 Å². The van der Waals surface area contributed by atoms with Crippen LogP contribution in [0.15, 0.2) is 42.7 Å². The van der Waals surface area contributed by atoms with Crippen LogP contribution in [0.25, 0.3) is 0 Å². The highest BCUT2D eigenvalue weighted by Crippen LogP contribution is 2.20. The first-order valence-corrected chi connectivity index (χ1v) is 8.41. The topological polar surface area (TPSA) is 82.5 Å². The Morgan fingerprint density at radius 3 is 2.58 bits per heavy atom. The summed E-state index contributed by atoms with van der Waals surface area (Å²) in [5, 5.41) is 6.98. The van der Waals surface area contributed by atoms with Gasteiger partial charge in [-0.1, -0.05) is 30.3 Å². The van der Waals surface area contributed by atoms with E-state index in [1.165, 1.54) is 6.92 Å². The maximum atomic E-state index is 12.6. The summed E-state index contributed by atoms with van der Waals surface area (Å²) in [4.78, 5) is 23.9. The highest BCUT2D eigenvalue weighted by molar-refractivity contribution is 5.95. The van der Waals surface area contributed by atoms with Crippen molar-refractivity contribution in [2.45, 2.75) is 45.4 Å². The lowest BCUT2D eigenvalue weighted by atomic mass is 10.1. The second kappa shape index (κ2) is 8.62. The number of hydrogen-bond acceptors (Lipinski definition) is 5. The second-order valence-electron chi connectivity index (χ2n) is 6.60. The third-order valence-corrected chi connectivity index (χ3v) is 4.02. The van der Waals surface area contributed by atoms with Crippen molar-refractivity contribution >= 4 is 17.6 Å². The van der Waals surface area contributed by atoms with Crippen molar-refractivity contribution in [1.29, 1.82) is 0 Å². The SMILES string of the molecule is COC(C)(C)CCn1cc(NC(=O)C(OC(C)=O)c2ccccc2)cn1. The van der Waals surface area contributed by atoms with Crippen molar-refractivity contribution in [3.63, 3.8) is 0 Å². The number of ether oxygens (including phenoxy) is 2. The number of aryl methyl sites for hydroxylation is 1. The third-order valence-electron chi connectivity index (χ3n) is 4.02. The van der Waals surface area contributed by atoms with Crippen LogP contribution in [0.5, 0.6) is 0 Å². The minimum Gasteiger partial charge on any atom is -0.447 e. The van der Waals surface area contributed by atoms with Crippen molar-refractivity contribution in [2.75, 3.05) is 12.4 Å². The van der Waals surface area contributed by atoms with Gasteiger partial charge in [0.05, 0.1) is 17.5 Å². The molecule has 0 radical (unpaired) electrons. The number of carbonyl (C=O) groups excluding carboxylic acids is 2. The zero-order valence-electron chi connectivity index (χ0n) is 15.6. The van der Waals surface area contributed by atoms with Gasteiger partial charge in [-0.2, -0.15) is 5.10 Å². The van der Waals surface area contributed by atoms with Crippen molar-refractivity contribution in [3.05, 3.63) is 48.3 Å². The molecule has 1 N–H and O–H groups in total. The van der Waals surface area contributed by atoms with Gasteiger partial charge < -0.3 is 14.8 Å². The first-order chi connectivity index (χ1) is 12.3. The molecule has 0 saturated heterocycles. The molecule has 0 aliphatic rings. The quantitative estimate of drug-likeness (QED) is 0.733. The number of hydrogen-bond donors (Lipinski definition) is 1. The van der Waals surface area contributed by atoms with E-state index >= 15 is 0 Å². The Balaban J connectivity index is 2.04. The molecule has 140 valence electrons. The number of amides is 1. The van der Waals surface area contributed by atoms with Crippen molar-refractivity contribution < 1.29 is 19.1 Å². The maximum absolute atomic E-state index is 12.6. The molecule has 2 rings (SSSR count). The third kappa shape index (κ3) is 5.70. The molecule has 2 aromatic rings. The van der Waals surface area contributed by atoms with Crippen molar-refractivity contribution in [1.82, 2.24) is 9.78 Å². The molecule has 0 fully saturated rings. The molecule has 0 aliphatic carbocycles. The van der Waals surface area contributed by atoms with Crippen LogP contribution < -0.4 is 5.32 Å². The molecule has 1 heterocycles. The monoisotopic (exact) mass is 359 g/mol. The van der Waals surface area contributed by atoms with E-state index in [1.807, 2.05) is 19.9 Å². The van der Waals surface area contributed by atoms with E-state index in [0.29, 0.717) is 17.8 Å². The number of anilines is 1. The molecule has 1 unspecified atom stereocenters. The fraction of sp³-hybridized carbons (Fsp3) is 0.421. The molecule has 7 nitrogen and oxygen atoms in total. The summed E-state index contributed by atoms with van der Waals surface area (Å²) in [6.07, 6.45) is 3.07. The summed E-state index contributed by atoms with van der Waals surface area (Å²) in [5.74, 6) is -0.949. The minimum atomic E-state index is -1.01. The Kier molecular flexibility index (Phi) is 6.52. The first kappa shape index (κ1) is 19.7. The molecule has 1 aromatic heterocycles. The predicted molar refractivity (Wildman–Crippen MR) is 97.5 cm³/mol. The van der Waals surface area contributed by atoms with E-state index in [0.717, 1.165) is 6.42 Å². The second-order valence-corrected chi connectivity index (χ2v) is 6.60. The van der Waals surface area contributed by atoms with Gasteiger partial charge in [-0.25, -0.2) is 0 Å². The van der Waals surface area contributed by atoms with E-state index < -0.39 is 18.0 Å². The summed E-state index contributed by atoms with van der Waals surface area (Å²) in [5.41, 5.74) is 0.899. The Morgan fingerprint density at radius 1 is 1.27 bits per heavy atom. The van der Waals surface area contributed by atoms with Crippen LogP contribution in [0.1, 0.15) is 38.9 Å². The van der Waals surface area contributed by atoms with Gasteiger partial charge in [-0.05, 0) is 20.3 Å². The van der Waals surface area contributed by atoms with E-state index in [4.69, 9.17) is 9.47 Å². The average Bonchev–Trinajstić information content (AvgIpc) is 3.06. The van der Waals surface area contributed by atoms with Crippen molar-refractivity contribution in [3.8, 4) is 0 Å². The average molecular weight is 359 g/mol. The van der Waals surface area contributed by atoms with E-state index in [1.54, 1.807) is 48.5 Å². The predicted octanol–water partition coefficient (Wildman–Crippen LogP) is 2.94. The van der Waals surface area contributed by atoms with Gasteiger partial charge in [0.2, 0.25) is 6.10 Å². The van der Waals surface area contributed by atoms with Crippen molar-refractivity contribution in [2.24, 2.45) is 0 Å². The zero-order chi connectivity index (χ0) is 19.2. The number of rotatable bonds is 8. The van der Waals surface area contributed by atoms with Gasteiger partial charge in [0.1, 0.15) is 0 Å². The summed E-state index contributed by atoms with van der Waals surface area (Å²) in [6.45, 7) is 5.94. The molecule has 0 spiro atoms. The lowest BCUT2D eigenvalue weighted by Gasteiger charge is -2.22. The normalized spacial score (nSPS) is 12.5. The van der Waals surface area contributed by atoms with Gasteiger partial charge in [-0.15, -0.1) is 0 Å². The van der Waals surface area contributed by atoms with Gasteiger partial charge in [0.25, 0.3) is 5.91 Å². The number of esters is 1. The van der Waals surface area contributed by atoms with Crippen LogP contribution in [-0.2, 0) is 25.6 Å². The largest absolute Gasteiger partial charge is 0.447 e. The van der Waals surface area contributed by atoms with Crippen LogP contribution in [0.4, 0.5) is 5.69 Å². The number of benzene rings is 1. The Labute approximate surface area is 153 Å².